The molecule has 0 N–H and O–H groups in total. The van der Waals surface area contributed by atoms with Gasteiger partial charge in [-0.1, -0.05) is 372 Å². The first-order valence-corrected chi connectivity index (χ1v) is 37.0. The summed E-state index contributed by atoms with van der Waals surface area (Å²) in [4.78, 5) is 38.5. The van der Waals surface area contributed by atoms with Crippen LogP contribution in [0.5, 0.6) is 0 Å². The van der Waals surface area contributed by atoms with Crippen molar-refractivity contribution in [3.63, 3.8) is 0 Å². The number of ether oxygens (including phenoxy) is 3. The third kappa shape index (κ3) is 68.4. The maximum absolute atomic E-state index is 13.0. The molecule has 0 saturated heterocycles. The Bertz CT molecular complexity index is 1370. The van der Waals surface area contributed by atoms with Gasteiger partial charge in [0.15, 0.2) is 6.10 Å². The summed E-state index contributed by atoms with van der Waals surface area (Å²) in [5.74, 6) is -0.849. The van der Waals surface area contributed by atoms with Crippen molar-refractivity contribution in [2.45, 2.75) is 419 Å². The SMILES string of the molecule is CCCCC/C=C\C/C=C\C/C=C\CCCCCCCCC(=O)OCC(COC(=O)CCCCCCCCCCCCCCCCCCCCCCCCCC)OC(=O)CCCCCCCCCCCCCCCCCCCCCCC. The molecule has 0 radical (unpaired) electrons. The minimum absolute atomic E-state index is 0.0701. The summed E-state index contributed by atoms with van der Waals surface area (Å²) in [6.07, 6.45) is 88.9. The summed E-state index contributed by atoms with van der Waals surface area (Å²) < 4.78 is 17.0. The fourth-order valence-corrected chi connectivity index (χ4v) is 11.3. The Kier molecular flexibility index (Phi) is 69.1. The average Bonchev–Trinajstić information content (AvgIpc) is 3.47. The highest BCUT2D eigenvalue weighted by molar-refractivity contribution is 5.71. The Hall–Kier alpha value is -2.37. The van der Waals surface area contributed by atoms with Gasteiger partial charge in [-0.15, -0.1) is 0 Å². The van der Waals surface area contributed by atoms with E-state index in [0.29, 0.717) is 19.3 Å². The minimum atomic E-state index is -0.776. The highest BCUT2D eigenvalue weighted by atomic mass is 16.6. The quantitative estimate of drug-likeness (QED) is 0.0261. The molecule has 0 aromatic heterocycles. The maximum atomic E-state index is 13.0. The molecule has 6 nitrogen and oxygen atoms in total. The number of carbonyl (C=O) groups excluding carboxylic acids is 3. The van der Waals surface area contributed by atoms with Crippen molar-refractivity contribution in [1.29, 1.82) is 0 Å². The molecule has 0 aromatic rings. The lowest BCUT2D eigenvalue weighted by molar-refractivity contribution is -0.167. The van der Waals surface area contributed by atoms with Gasteiger partial charge < -0.3 is 14.2 Å². The molecule has 0 saturated carbocycles. The van der Waals surface area contributed by atoms with Crippen LogP contribution >= 0.6 is 0 Å². The lowest BCUT2D eigenvalue weighted by Gasteiger charge is -2.18. The van der Waals surface area contributed by atoms with Crippen LogP contribution in [0.1, 0.15) is 412 Å². The van der Waals surface area contributed by atoms with Crippen molar-refractivity contribution in [2.75, 3.05) is 13.2 Å². The monoisotopic (exact) mass is 1150 g/mol. The smallest absolute Gasteiger partial charge is 0.306 e. The molecule has 0 heterocycles. The molecule has 0 aliphatic carbocycles. The van der Waals surface area contributed by atoms with Crippen molar-refractivity contribution in [2.24, 2.45) is 0 Å². The number of esters is 3. The third-order valence-corrected chi connectivity index (χ3v) is 16.9. The topological polar surface area (TPSA) is 78.9 Å². The van der Waals surface area contributed by atoms with Gasteiger partial charge in [-0.2, -0.15) is 0 Å². The molecule has 1 unspecified atom stereocenters. The zero-order valence-corrected chi connectivity index (χ0v) is 55.5. The van der Waals surface area contributed by atoms with Gasteiger partial charge in [-0.25, -0.2) is 0 Å². The first-order valence-electron chi connectivity index (χ1n) is 37.0. The lowest BCUT2D eigenvalue weighted by Crippen LogP contribution is -2.30. The van der Waals surface area contributed by atoms with E-state index >= 15 is 0 Å². The van der Waals surface area contributed by atoms with E-state index < -0.39 is 6.10 Å². The number of carbonyl (C=O) groups is 3. The summed E-state index contributed by atoms with van der Waals surface area (Å²) in [7, 11) is 0. The van der Waals surface area contributed by atoms with E-state index in [-0.39, 0.29) is 31.1 Å². The summed E-state index contributed by atoms with van der Waals surface area (Å²) in [6.45, 7) is 6.69. The van der Waals surface area contributed by atoms with Crippen LogP contribution in [0.25, 0.3) is 0 Å². The number of rotatable bonds is 69. The molecule has 0 aliphatic rings. The van der Waals surface area contributed by atoms with E-state index in [1.54, 1.807) is 0 Å². The minimum Gasteiger partial charge on any atom is -0.462 e. The molecule has 0 amide bonds. The molecule has 0 fully saturated rings. The van der Waals surface area contributed by atoms with Gasteiger partial charge in [-0.05, 0) is 57.8 Å². The number of unbranched alkanes of at least 4 members (excludes halogenated alkanes) is 52. The Morgan fingerprint density at radius 1 is 0.244 bits per heavy atom. The maximum Gasteiger partial charge on any atom is 0.306 e. The Labute approximate surface area is 512 Å². The summed E-state index contributed by atoms with van der Waals surface area (Å²) in [5.41, 5.74) is 0. The van der Waals surface area contributed by atoms with E-state index in [2.05, 4.69) is 57.2 Å². The van der Waals surface area contributed by atoms with E-state index in [1.807, 2.05) is 0 Å². The van der Waals surface area contributed by atoms with Crippen molar-refractivity contribution in [3.8, 4) is 0 Å². The first kappa shape index (κ1) is 79.6. The molecule has 0 bridgehead atoms. The molecule has 82 heavy (non-hydrogen) atoms. The van der Waals surface area contributed by atoms with Crippen molar-refractivity contribution in [1.82, 2.24) is 0 Å². The number of hydrogen-bond acceptors (Lipinski definition) is 6. The van der Waals surface area contributed by atoms with Crippen LogP contribution in [0, 0.1) is 0 Å². The Morgan fingerprint density at radius 3 is 0.707 bits per heavy atom. The summed E-state index contributed by atoms with van der Waals surface area (Å²) in [5, 5.41) is 0. The number of hydrogen-bond donors (Lipinski definition) is 0. The molecule has 6 heteroatoms. The van der Waals surface area contributed by atoms with Crippen molar-refractivity contribution in [3.05, 3.63) is 36.5 Å². The van der Waals surface area contributed by atoms with Gasteiger partial charge in [-0.3, -0.25) is 14.4 Å². The van der Waals surface area contributed by atoms with Crippen LogP contribution in [0.15, 0.2) is 36.5 Å². The average molecular weight is 1150 g/mol. The summed E-state index contributed by atoms with van der Waals surface area (Å²) in [6, 6.07) is 0. The van der Waals surface area contributed by atoms with E-state index in [4.69, 9.17) is 14.2 Å². The largest absolute Gasteiger partial charge is 0.462 e. The third-order valence-electron chi connectivity index (χ3n) is 16.9. The zero-order valence-electron chi connectivity index (χ0n) is 55.5. The molecule has 1 atom stereocenters. The van der Waals surface area contributed by atoms with E-state index in [1.165, 1.54) is 295 Å². The van der Waals surface area contributed by atoms with Crippen LogP contribution in [-0.2, 0) is 28.6 Å². The second-order valence-electron chi connectivity index (χ2n) is 25.2. The van der Waals surface area contributed by atoms with E-state index in [9.17, 15) is 14.4 Å². The Morgan fingerprint density at radius 2 is 0.439 bits per heavy atom. The van der Waals surface area contributed by atoms with Crippen molar-refractivity contribution < 1.29 is 28.6 Å². The molecular weight excluding hydrogens is 1010 g/mol. The predicted octanol–water partition coefficient (Wildman–Crippen LogP) is 25.5. The molecule has 482 valence electrons. The predicted molar refractivity (Wildman–Crippen MR) is 358 cm³/mol. The zero-order chi connectivity index (χ0) is 59.2. The summed E-state index contributed by atoms with van der Waals surface area (Å²) >= 11 is 0. The van der Waals surface area contributed by atoms with Crippen LogP contribution in [-0.4, -0.2) is 37.2 Å². The second-order valence-corrected chi connectivity index (χ2v) is 25.2. The van der Waals surface area contributed by atoms with Gasteiger partial charge in [0, 0.05) is 19.3 Å². The normalized spacial score (nSPS) is 12.2. The van der Waals surface area contributed by atoms with Gasteiger partial charge in [0.2, 0.25) is 0 Å². The molecular formula is C76H142O6. The molecule has 0 aromatic carbocycles. The standard InChI is InChI=1S/C76H142O6/c1-4-7-10-13-16-19-22-25-28-31-34-36-37-38-40-42-45-48-51-54-57-60-63-66-69-75(78)81-72-73(71-80-74(77)68-65-62-59-56-53-50-47-44-41-33-30-27-24-21-18-15-12-9-6-3)82-76(79)70-67-64-61-58-55-52-49-46-43-39-35-32-29-26-23-20-17-14-11-8-5-2/h18,21,27,30,41,44,73H,4-17,19-20,22-26,28-29,31-40,42-43,45-72H2,1-3H3/b21-18-,30-27-,44-41-. The highest BCUT2D eigenvalue weighted by Crippen LogP contribution is 2.19. The molecule has 0 aliphatic heterocycles. The fourth-order valence-electron chi connectivity index (χ4n) is 11.3. The second kappa shape index (κ2) is 71.1. The van der Waals surface area contributed by atoms with Crippen molar-refractivity contribution >= 4 is 17.9 Å². The molecule has 0 spiro atoms. The van der Waals surface area contributed by atoms with Crippen LogP contribution in [0.3, 0.4) is 0 Å². The number of allylic oxidation sites excluding steroid dienone is 6. The van der Waals surface area contributed by atoms with Crippen LogP contribution < -0.4 is 0 Å². The van der Waals surface area contributed by atoms with Gasteiger partial charge in [0.25, 0.3) is 0 Å². The van der Waals surface area contributed by atoms with Gasteiger partial charge in [0.1, 0.15) is 13.2 Å². The Balaban J connectivity index is 4.30. The molecule has 0 rings (SSSR count). The van der Waals surface area contributed by atoms with E-state index in [0.717, 1.165) is 77.0 Å². The lowest BCUT2D eigenvalue weighted by atomic mass is 10.0. The highest BCUT2D eigenvalue weighted by Gasteiger charge is 2.20. The van der Waals surface area contributed by atoms with Crippen LogP contribution in [0.2, 0.25) is 0 Å². The fraction of sp³-hybridized carbons (Fsp3) is 0.882. The first-order chi connectivity index (χ1) is 40.5. The van der Waals surface area contributed by atoms with Gasteiger partial charge >= 0.3 is 17.9 Å². The van der Waals surface area contributed by atoms with Crippen LogP contribution in [0.4, 0.5) is 0 Å². The van der Waals surface area contributed by atoms with Gasteiger partial charge in [0.05, 0.1) is 0 Å².